The summed E-state index contributed by atoms with van der Waals surface area (Å²) in [6.07, 6.45) is 13.2. The Morgan fingerprint density at radius 3 is 2.33 bits per heavy atom. The SMILES string of the molecule is CC(=O)OC[C@]1(C)[C@@H]2CC[C@]3(C)[C@H](CC=C4[C@@H]5C[C@@]6(C)CO[C@H](C6)[C@]5(C)CC[C@]43C)[C@@]2(C)CC[C@@H]1OC(C)=O. The average molecular weight is 541 g/mol. The minimum Gasteiger partial charge on any atom is -0.465 e. The number of carbonyl (C=O) groups excluding carboxylic acids is 2. The smallest absolute Gasteiger partial charge is 0.302 e. The third kappa shape index (κ3) is 3.66. The molecule has 0 radical (unpaired) electrons. The van der Waals surface area contributed by atoms with Gasteiger partial charge in [-0.3, -0.25) is 9.59 Å². The number of carbonyl (C=O) groups is 2. The van der Waals surface area contributed by atoms with Crippen molar-refractivity contribution in [2.24, 2.45) is 50.2 Å². The molecule has 0 N–H and O–H groups in total. The third-order valence-electron chi connectivity index (χ3n) is 14.2. The van der Waals surface area contributed by atoms with E-state index in [2.05, 4.69) is 47.6 Å². The van der Waals surface area contributed by atoms with Gasteiger partial charge in [-0.05, 0) is 97.2 Å². The molecule has 0 unspecified atom stereocenters. The number of allylic oxidation sites excluding steroid dienone is 2. The molecule has 11 atom stereocenters. The van der Waals surface area contributed by atoms with Crippen molar-refractivity contribution < 1.29 is 23.8 Å². The second-order valence-electron chi connectivity index (χ2n) is 16.3. The van der Waals surface area contributed by atoms with E-state index in [4.69, 9.17) is 14.2 Å². The first-order valence-corrected chi connectivity index (χ1v) is 15.7. The van der Waals surface area contributed by atoms with Gasteiger partial charge >= 0.3 is 11.9 Å². The minimum atomic E-state index is -0.379. The second kappa shape index (κ2) is 8.58. The van der Waals surface area contributed by atoms with Gasteiger partial charge in [0, 0.05) is 24.7 Å². The fraction of sp³-hybridized carbons (Fsp3) is 0.882. The minimum absolute atomic E-state index is 0.102. The van der Waals surface area contributed by atoms with Crippen LogP contribution in [0, 0.1) is 50.2 Å². The Balaban J connectivity index is 1.38. The molecule has 1 aliphatic heterocycles. The monoisotopic (exact) mass is 540 g/mol. The Morgan fingerprint density at radius 2 is 1.64 bits per heavy atom. The van der Waals surface area contributed by atoms with Crippen molar-refractivity contribution in [2.75, 3.05) is 13.2 Å². The van der Waals surface area contributed by atoms with Crippen LogP contribution in [0.2, 0.25) is 0 Å². The molecule has 5 heteroatoms. The number of rotatable bonds is 3. The summed E-state index contributed by atoms with van der Waals surface area (Å²) < 4.78 is 18.1. The zero-order valence-electron chi connectivity index (χ0n) is 25.8. The highest BCUT2D eigenvalue weighted by atomic mass is 16.6. The van der Waals surface area contributed by atoms with Crippen LogP contribution in [-0.2, 0) is 23.8 Å². The maximum Gasteiger partial charge on any atom is 0.302 e. The van der Waals surface area contributed by atoms with E-state index in [1.807, 2.05) is 0 Å². The number of esters is 2. The Hall–Kier alpha value is -1.36. The van der Waals surface area contributed by atoms with Gasteiger partial charge in [-0.2, -0.15) is 0 Å². The Kier molecular flexibility index (Phi) is 6.12. The molecule has 0 amide bonds. The highest BCUT2D eigenvalue weighted by Gasteiger charge is 2.70. The summed E-state index contributed by atoms with van der Waals surface area (Å²) in [5.41, 5.74) is 2.48. The fourth-order valence-corrected chi connectivity index (χ4v) is 11.8. The molecule has 218 valence electrons. The van der Waals surface area contributed by atoms with Crippen LogP contribution >= 0.6 is 0 Å². The lowest BCUT2D eigenvalue weighted by molar-refractivity contribution is -0.226. The summed E-state index contributed by atoms with van der Waals surface area (Å²) in [7, 11) is 0. The topological polar surface area (TPSA) is 61.8 Å². The number of hydrogen-bond acceptors (Lipinski definition) is 5. The van der Waals surface area contributed by atoms with Crippen molar-refractivity contribution >= 4 is 11.9 Å². The molecular weight excluding hydrogens is 488 g/mol. The summed E-state index contributed by atoms with van der Waals surface area (Å²) >= 11 is 0. The highest BCUT2D eigenvalue weighted by molar-refractivity contribution is 5.66. The van der Waals surface area contributed by atoms with Gasteiger partial charge < -0.3 is 14.2 Å². The van der Waals surface area contributed by atoms with Gasteiger partial charge in [0.15, 0.2) is 0 Å². The molecule has 1 saturated heterocycles. The first-order chi connectivity index (χ1) is 18.1. The van der Waals surface area contributed by atoms with Crippen LogP contribution in [0.3, 0.4) is 0 Å². The van der Waals surface area contributed by atoms with E-state index < -0.39 is 0 Å². The molecule has 0 spiro atoms. The largest absolute Gasteiger partial charge is 0.465 e. The summed E-state index contributed by atoms with van der Waals surface area (Å²) in [4.78, 5) is 24.1. The van der Waals surface area contributed by atoms with E-state index >= 15 is 0 Å². The predicted molar refractivity (Wildman–Crippen MR) is 151 cm³/mol. The lowest BCUT2D eigenvalue weighted by Crippen LogP contribution is -2.66. The molecule has 6 rings (SSSR count). The molecule has 39 heavy (non-hydrogen) atoms. The van der Waals surface area contributed by atoms with Crippen LogP contribution < -0.4 is 0 Å². The molecule has 1 heterocycles. The van der Waals surface area contributed by atoms with Crippen LogP contribution in [-0.4, -0.2) is 37.4 Å². The third-order valence-corrected chi connectivity index (χ3v) is 14.2. The van der Waals surface area contributed by atoms with E-state index in [0.717, 1.165) is 32.3 Å². The van der Waals surface area contributed by atoms with E-state index in [-0.39, 0.29) is 45.1 Å². The van der Waals surface area contributed by atoms with E-state index in [1.165, 1.54) is 46.0 Å². The van der Waals surface area contributed by atoms with Crippen molar-refractivity contribution in [2.45, 2.75) is 125 Å². The molecule has 6 aliphatic rings. The molecular formula is C34H52O5. The summed E-state index contributed by atoms with van der Waals surface area (Å²) in [5.74, 6) is 1.03. The van der Waals surface area contributed by atoms with Gasteiger partial charge in [0.2, 0.25) is 0 Å². The van der Waals surface area contributed by atoms with Gasteiger partial charge in [-0.15, -0.1) is 0 Å². The normalized spacial score (nSPS) is 53.8. The maximum atomic E-state index is 12.1. The van der Waals surface area contributed by atoms with Crippen molar-refractivity contribution in [1.29, 1.82) is 0 Å². The van der Waals surface area contributed by atoms with Gasteiger partial charge in [-0.1, -0.05) is 53.2 Å². The number of fused-ring (bicyclic) bond motifs is 10. The Labute approximate surface area is 236 Å². The van der Waals surface area contributed by atoms with Crippen LogP contribution in [0.15, 0.2) is 11.6 Å². The van der Waals surface area contributed by atoms with E-state index in [1.54, 1.807) is 5.57 Å². The van der Waals surface area contributed by atoms with Gasteiger partial charge in [-0.25, -0.2) is 0 Å². The van der Waals surface area contributed by atoms with Crippen molar-refractivity contribution in [3.05, 3.63) is 11.6 Å². The number of ether oxygens (including phenoxy) is 3. The van der Waals surface area contributed by atoms with Crippen molar-refractivity contribution in [1.82, 2.24) is 0 Å². The first kappa shape index (κ1) is 27.8. The molecule has 5 nitrogen and oxygen atoms in total. The predicted octanol–water partition coefficient (Wildman–Crippen LogP) is 7.27. The average Bonchev–Trinajstić information content (AvgIpc) is 3.20. The van der Waals surface area contributed by atoms with E-state index in [9.17, 15) is 9.59 Å². The van der Waals surface area contributed by atoms with Crippen molar-refractivity contribution in [3.63, 3.8) is 0 Å². The lowest BCUT2D eigenvalue weighted by Gasteiger charge is -2.71. The number of hydrogen-bond donors (Lipinski definition) is 0. The molecule has 0 aromatic carbocycles. The van der Waals surface area contributed by atoms with Crippen LogP contribution in [0.5, 0.6) is 0 Å². The highest BCUT2D eigenvalue weighted by Crippen LogP contribution is 2.76. The molecule has 4 saturated carbocycles. The van der Waals surface area contributed by atoms with Crippen LogP contribution in [0.4, 0.5) is 0 Å². The van der Waals surface area contributed by atoms with Crippen molar-refractivity contribution in [3.8, 4) is 0 Å². The second-order valence-corrected chi connectivity index (χ2v) is 16.3. The van der Waals surface area contributed by atoms with Gasteiger partial charge in [0.05, 0.1) is 12.7 Å². The Bertz CT molecular complexity index is 1100. The molecule has 0 aromatic heterocycles. The zero-order chi connectivity index (χ0) is 28.2. The summed E-state index contributed by atoms with van der Waals surface area (Å²) in [6.45, 7) is 19.2. The Morgan fingerprint density at radius 1 is 0.897 bits per heavy atom. The fourth-order valence-electron chi connectivity index (χ4n) is 11.8. The standard InChI is InChI=1S/C34H52O5/c1-21(35)37-20-32(6)25-11-14-34(8)26(31(25,5)13-12-27(32)39-22(2)36)10-9-23-24-17-29(3)18-28(38-19-29)30(24,4)15-16-33(23,34)7/h9,24-28H,10-20H2,1-8H3/t24-,25+,26+,27-,28+,29+,30+,31-,32+,33+,34+/m0/s1. The first-order valence-electron chi connectivity index (χ1n) is 15.7. The maximum absolute atomic E-state index is 12.1. The molecule has 5 aliphatic carbocycles. The van der Waals surface area contributed by atoms with E-state index in [0.29, 0.717) is 35.9 Å². The zero-order valence-corrected chi connectivity index (χ0v) is 25.8. The van der Waals surface area contributed by atoms with Gasteiger partial charge in [0.1, 0.15) is 12.7 Å². The summed E-state index contributed by atoms with van der Waals surface area (Å²) in [6, 6.07) is 0. The molecule has 5 fully saturated rings. The summed E-state index contributed by atoms with van der Waals surface area (Å²) in [5, 5.41) is 0. The molecule has 0 aromatic rings. The van der Waals surface area contributed by atoms with Crippen LogP contribution in [0.25, 0.3) is 0 Å². The molecule has 2 bridgehead atoms. The lowest BCUT2D eigenvalue weighted by atomic mass is 9.33. The van der Waals surface area contributed by atoms with Gasteiger partial charge in [0.25, 0.3) is 0 Å². The quantitative estimate of drug-likeness (QED) is 0.278. The van der Waals surface area contributed by atoms with Crippen LogP contribution in [0.1, 0.15) is 113 Å².